The zero-order valence-corrected chi connectivity index (χ0v) is 17.4. The van der Waals surface area contributed by atoms with E-state index in [4.69, 9.17) is 5.73 Å². The number of nitrogens with zero attached hydrogens (tertiary/aromatic N) is 1. The summed E-state index contributed by atoms with van der Waals surface area (Å²) < 4.78 is 0. The molecule has 1 saturated carbocycles. The Morgan fingerprint density at radius 2 is 1.69 bits per heavy atom. The van der Waals surface area contributed by atoms with E-state index in [9.17, 15) is 9.59 Å². The predicted molar refractivity (Wildman–Crippen MR) is 99.6 cm³/mol. The van der Waals surface area contributed by atoms with Crippen molar-refractivity contribution in [3.05, 3.63) is 42.4 Å². The molecule has 1 aliphatic rings. The van der Waals surface area contributed by atoms with Gasteiger partial charge in [0.2, 0.25) is 5.91 Å². The molecular weight excluding hydrogens is 365 g/mol. The SMILES string of the molecule is [CH2-]NC(=O)c1ccc(CN(C(N)=O)C2CCC(C(C)(C)C)CC2)cc1.[V+2]. The minimum Gasteiger partial charge on any atom is -0.504 e. The Balaban J connectivity index is 0.00000338. The molecule has 3 amide bonds. The summed E-state index contributed by atoms with van der Waals surface area (Å²) in [5, 5.41) is 2.35. The third-order valence-corrected chi connectivity index (χ3v) is 5.37. The van der Waals surface area contributed by atoms with Gasteiger partial charge in [-0.3, -0.25) is 11.8 Å². The zero-order valence-electron chi connectivity index (χ0n) is 16.0. The van der Waals surface area contributed by atoms with Crippen LogP contribution in [0, 0.1) is 18.4 Å². The molecule has 1 radical (unpaired) electrons. The molecule has 3 N–H and O–H groups in total. The van der Waals surface area contributed by atoms with E-state index in [0.29, 0.717) is 23.4 Å². The van der Waals surface area contributed by atoms with Gasteiger partial charge in [0.05, 0.1) is 0 Å². The Labute approximate surface area is 169 Å². The van der Waals surface area contributed by atoms with Crippen molar-refractivity contribution in [1.82, 2.24) is 10.2 Å². The maximum absolute atomic E-state index is 12.0. The molecule has 2 rings (SSSR count). The largest absolute Gasteiger partial charge is 2.00 e. The van der Waals surface area contributed by atoms with Crippen molar-refractivity contribution in [2.45, 2.75) is 59.0 Å². The van der Waals surface area contributed by atoms with Crippen molar-refractivity contribution < 1.29 is 28.1 Å². The third-order valence-electron chi connectivity index (χ3n) is 5.37. The number of rotatable bonds is 4. The average molecular weight is 395 g/mol. The number of benzene rings is 1. The fourth-order valence-electron chi connectivity index (χ4n) is 3.70. The summed E-state index contributed by atoms with van der Waals surface area (Å²) in [6, 6.07) is 7.03. The van der Waals surface area contributed by atoms with Crippen LogP contribution in [0.1, 0.15) is 62.4 Å². The van der Waals surface area contributed by atoms with Crippen LogP contribution in [-0.2, 0) is 25.1 Å². The molecule has 0 bridgehead atoms. The van der Waals surface area contributed by atoms with Crippen molar-refractivity contribution in [2.24, 2.45) is 17.1 Å². The summed E-state index contributed by atoms with van der Waals surface area (Å²) in [4.78, 5) is 25.3. The number of carbonyl (C=O) groups is 2. The maximum Gasteiger partial charge on any atom is 2.00 e. The van der Waals surface area contributed by atoms with E-state index in [-0.39, 0.29) is 36.5 Å². The van der Waals surface area contributed by atoms with E-state index in [1.165, 1.54) is 0 Å². The molecule has 1 aromatic rings. The van der Waals surface area contributed by atoms with Gasteiger partial charge >= 0.3 is 24.6 Å². The molecule has 0 heterocycles. The molecule has 5 nitrogen and oxygen atoms in total. The van der Waals surface area contributed by atoms with Gasteiger partial charge in [-0.1, -0.05) is 32.9 Å². The Bertz CT molecular complexity index is 602. The molecule has 0 unspecified atom stereocenters. The van der Waals surface area contributed by atoms with Gasteiger partial charge in [-0.05, 0) is 54.7 Å². The molecule has 0 spiro atoms. The van der Waals surface area contributed by atoms with Crippen LogP contribution in [0.15, 0.2) is 24.3 Å². The van der Waals surface area contributed by atoms with Crippen LogP contribution in [0.2, 0.25) is 0 Å². The summed E-state index contributed by atoms with van der Waals surface area (Å²) in [5.41, 5.74) is 7.48. The molecule has 0 aromatic heterocycles. The first-order valence-corrected chi connectivity index (χ1v) is 8.95. The summed E-state index contributed by atoms with van der Waals surface area (Å²) in [7, 11) is 3.37. The Morgan fingerprint density at radius 1 is 1.15 bits per heavy atom. The fraction of sp³-hybridized carbons (Fsp3) is 0.550. The summed E-state index contributed by atoms with van der Waals surface area (Å²) in [5.74, 6) is 0.470. The van der Waals surface area contributed by atoms with Crippen molar-refractivity contribution in [3.8, 4) is 0 Å². The van der Waals surface area contributed by atoms with Gasteiger partial charge in [0.15, 0.2) is 0 Å². The van der Waals surface area contributed by atoms with Gasteiger partial charge in [0, 0.05) is 18.2 Å². The van der Waals surface area contributed by atoms with E-state index in [2.05, 4.69) is 33.1 Å². The molecule has 1 aromatic carbocycles. The molecule has 0 saturated heterocycles. The monoisotopic (exact) mass is 395 g/mol. The maximum atomic E-state index is 12.0. The second kappa shape index (κ2) is 9.47. The fourth-order valence-corrected chi connectivity index (χ4v) is 3.70. The number of carbonyl (C=O) groups excluding carboxylic acids is 2. The van der Waals surface area contributed by atoms with E-state index < -0.39 is 0 Å². The van der Waals surface area contributed by atoms with Crippen molar-refractivity contribution in [2.75, 3.05) is 0 Å². The van der Waals surface area contributed by atoms with Crippen LogP contribution in [-0.4, -0.2) is 22.9 Å². The minimum absolute atomic E-state index is 0. The number of amides is 3. The zero-order chi connectivity index (χ0) is 18.6. The number of hydrogen-bond acceptors (Lipinski definition) is 2. The normalized spacial score (nSPS) is 20.0. The first-order chi connectivity index (χ1) is 11.7. The van der Waals surface area contributed by atoms with Gasteiger partial charge in [0.25, 0.3) is 0 Å². The van der Waals surface area contributed by atoms with Crippen LogP contribution in [0.5, 0.6) is 0 Å². The smallest absolute Gasteiger partial charge is 0.504 e. The van der Waals surface area contributed by atoms with Gasteiger partial charge in [-0.25, -0.2) is 4.79 Å². The van der Waals surface area contributed by atoms with Gasteiger partial charge < -0.3 is 16.0 Å². The minimum atomic E-state index is -0.376. The Kier molecular flexibility index (Phi) is 8.23. The van der Waals surface area contributed by atoms with Crippen LogP contribution in [0.3, 0.4) is 0 Å². The topological polar surface area (TPSA) is 75.4 Å². The number of urea groups is 1. The van der Waals surface area contributed by atoms with Crippen molar-refractivity contribution in [3.63, 3.8) is 0 Å². The first kappa shape index (κ1) is 22.6. The molecule has 1 fully saturated rings. The first-order valence-electron chi connectivity index (χ1n) is 8.95. The Hall–Kier alpha value is -1.46. The van der Waals surface area contributed by atoms with E-state index in [1.54, 1.807) is 17.0 Å². The second-order valence-corrected chi connectivity index (χ2v) is 8.04. The van der Waals surface area contributed by atoms with Crippen LogP contribution < -0.4 is 11.1 Å². The summed E-state index contributed by atoms with van der Waals surface area (Å²) >= 11 is 0. The second-order valence-electron chi connectivity index (χ2n) is 8.04. The number of nitrogens with one attached hydrogen (secondary N) is 1. The molecule has 141 valence electrons. The predicted octanol–water partition coefficient (Wildman–Crippen LogP) is 3.69. The van der Waals surface area contributed by atoms with Crippen LogP contribution in [0.4, 0.5) is 4.79 Å². The Morgan fingerprint density at radius 3 is 2.12 bits per heavy atom. The molecule has 6 heteroatoms. The van der Waals surface area contributed by atoms with Crippen molar-refractivity contribution in [1.29, 1.82) is 0 Å². The average Bonchev–Trinajstić information content (AvgIpc) is 2.58. The van der Waals surface area contributed by atoms with Crippen molar-refractivity contribution >= 4 is 11.9 Å². The van der Waals surface area contributed by atoms with Crippen LogP contribution in [0.25, 0.3) is 0 Å². The molecule has 0 atom stereocenters. The quantitative estimate of drug-likeness (QED) is 0.763. The number of hydrogen-bond donors (Lipinski definition) is 2. The molecular formula is C20H30N3O2V+. The molecule has 0 aliphatic heterocycles. The van der Waals surface area contributed by atoms with Gasteiger partial charge in [-0.15, -0.1) is 0 Å². The van der Waals surface area contributed by atoms with E-state index in [1.807, 2.05) is 12.1 Å². The van der Waals surface area contributed by atoms with E-state index >= 15 is 0 Å². The van der Waals surface area contributed by atoms with Gasteiger partial charge in [-0.2, -0.15) is 0 Å². The van der Waals surface area contributed by atoms with Crippen LogP contribution >= 0.6 is 0 Å². The third kappa shape index (κ3) is 5.78. The number of primary amides is 1. The molecule has 26 heavy (non-hydrogen) atoms. The summed E-state index contributed by atoms with van der Waals surface area (Å²) in [6.45, 7) is 7.33. The van der Waals surface area contributed by atoms with Gasteiger partial charge in [0.1, 0.15) is 0 Å². The van der Waals surface area contributed by atoms with E-state index in [0.717, 1.165) is 31.2 Å². The molecule has 1 aliphatic carbocycles. The standard InChI is InChI=1S/C20H30N3O2.V/c1-20(2,3)16-9-11-17(12-10-16)23(19(21)25)13-14-5-7-15(8-6-14)18(24)22-4;/h5-8,16-17H,4,9-13H2,1-3H3,(H2,21,25)(H,22,24);/q-1;+2. The number of nitrogens with two attached hydrogens (primary N) is 1. The summed E-state index contributed by atoms with van der Waals surface area (Å²) in [6.07, 6.45) is 4.24.